The topological polar surface area (TPSA) is 66.8 Å². The van der Waals surface area contributed by atoms with Gasteiger partial charge in [0.25, 0.3) is 0 Å². The van der Waals surface area contributed by atoms with E-state index in [1.54, 1.807) is 0 Å². The summed E-state index contributed by atoms with van der Waals surface area (Å²) in [7, 11) is 0. The van der Waals surface area contributed by atoms with Gasteiger partial charge in [0, 0.05) is 22.4 Å². The number of nitrogens with zero attached hydrogens (tertiary/aromatic N) is 2. The van der Waals surface area contributed by atoms with Crippen LogP contribution in [0.3, 0.4) is 0 Å². The lowest BCUT2D eigenvalue weighted by molar-refractivity contribution is -0.129. The molecule has 122 valence electrons. The van der Waals surface area contributed by atoms with Gasteiger partial charge in [0.15, 0.2) is 0 Å². The molecule has 0 aromatic carbocycles. The van der Waals surface area contributed by atoms with E-state index in [4.69, 9.17) is 0 Å². The zero-order valence-electron chi connectivity index (χ0n) is 12.7. The molecule has 1 heterocycles. The van der Waals surface area contributed by atoms with Crippen LogP contribution >= 0.6 is 22.6 Å². The summed E-state index contributed by atoms with van der Waals surface area (Å²) in [6.45, 7) is 4.78. The molecule has 1 saturated heterocycles. The van der Waals surface area contributed by atoms with Crippen LogP contribution in [-0.4, -0.2) is 50.7 Å². The lowest BCUT2D eigenvalue weighted by Crippen LogP contribution is -2.45. The number of piperidine rings is 1. The predicted octanol–water partition coefficient (Wildman–Crippen LogP) is 2.84. The van der Waals surface area contributed by atoms with E-state index in [9.17, 15) is 15.2 Å². The molecule has 1 aliphatic heterocycles. The second-order valence-electron chi connectivity index (χ2n) is 6.51. The molecule has 0 spiro atoms. The van der Waals surface area contributed by atoms with Crippen molar-refractivity contribution in [2.24, 2.45) is 11.8 Å². The average molecular weight is 409 g/mol. The maximum Gasteiger partial charge on any atom is 0.149 e. The average Bonchev–Trinajstić information content (AvgIpc) is 2.47. The highest BCUT2D eigenvalue weighted by atomic mass is 127. The molecule has 1 saturated carbocycles. The molecule has 0 radical (unpaired) electrons. The molecule has 0 amide bonds. The molecule has 0 aromatic heterocycles. The fraction of sp³-hybridized carbons (Fsp3) is 0.933. The Bertz CT molecular complexity index is 354. The van der Waals surface area contributed by atoms with Crippen LogP contribution in [0.1, 0.15) is 45.4 Å². The number of alkyl halides is 1. The quantitative estimate of drug-likeness (QED) is 0.430. The molecule has 4 unspecified atom stereocenters. The Hall–Kier alpha value is 0.240. The minimum Gasteiger partial charge on any atom is -0.762 e. The minimum absolute atomic E-state index is 0.0601. The first-order chi connectivity index (χ1) is 10.0. The minimum atomic E-state index is -0.432. The van der Waals surface area contributed by atoms with Crippen LogP contribution in [0, 0.1) is 17.0 Å². The lowest BCUT2D eigenvalue weighted by atomic mass is 9.83. The van der Waals surface area contributed by atoms with Gasteiger partial charge in [0.1, 0.15) is 5.78 Å². The second-order valence-corrected chi connectivity index (χ2v) is 8.11. The van der Waals surface area contributed by atoms with E-state index in [0.717, 1.165) is 31.8 Å². The fourth-order valence-corrected chi connectivity index (χ4v) is 4.54. The number of halogens is 1. The maximum absolute atomic E-state index is 12.5. The molecule has 2 rings (SSSR count). The number of hydrogen-bond donors (Lipinski definition) is 1. The number of likely N-dealkylation sites (tertiary alicyclic amines) is 1. The number of hydroxylamine groups is 2. The van der Waals surface area contributed by atoms with Crippen LogP contribution in [-0.2, 0) is 4.79 Å². The molecule has 6 heteroatoms. The molecular formula is C15H26IN2O3-. The third kappa shape index (κ3) is 4.86. The fourth-order valence-electron chi connectivity index (χ4n) is 3.61. The van der Waals surface area contributed by atoms with Crippen LogP contribution in [0.2, 0.25) is 0 Å². The second kappa shape index (κ2) is 8.19. The van der Waals surface area contributed by atoms with Gasteiger partial charge in [-0.1, -0.05) is 35.9 Å². The highest BCUT2D eigenvalue weighted by molar-refractivity contribution is 14.1. The van der Waals surface area contributed by atoms with Crippen molar-refractivity contribution in [1.29, 1.82) is 0 Å². The van der Waals surface area contributed by atoms with Crippen LogP contribution in [0.5, 0.6) is 0 Å². The van der Waals surface area contributed by atoms with Crippen LogP contribution < -0.4 is 0 Å². The van der Waals surface area contributed by atoms with E-state index in [-0.39, 0.29) is 20.9 Å². The van der Waals surface area contributed by atoms with Crippen molar-refractivity contribution in [3.63, 3.8) is 0 Å². The number of hydrogen-bond acceptors (Lipinski definition) is 5. The first-order valence-electron chi connectivity index (χ1n) is 8.05. The van der Waals surface area contributed by atoms with E-state index >= 15 is 0 Å². The normalized spacial score (nSPS) is 35.1. The summed E-state index contributed by atoms with van der Waals surface area (Å²) in [5.74, 6) is 0.910. The number of rotatable bonds is 5. The zero-order valence-corrected chi connectivity index (χ0v) is 14.9. The van der Waals surface area contributed by atoms with E-state index in [1.807, 2.05) is 0 Å². The Morgan fingerprint density at radius 3 is 2.86 bits per heavy atom. The highest BCUT2D eigenvalue weighted by Crippen LogP contribution is 2.33. The number of carbonyl (C=O) groups is 1. The first-order valence-corrected chi connectivity index (χ1v) is 9.30. The Morgan fingerprint density at radius 2 is 2.19 bits per heavy atom. The SMILES string of the molecule is CCC1CCCN(CC(=O)C2CCC(I)C(N([O-])O)C2)C1. The molecule has 1 aliphatic carbocycles. The summed E-state index contributed by atoms with van der Waals surface area (Å²) in [5, 5.41) is 20.4. The van der Waals surface area contributed by atoms with Gasteiger partial charge in [0.2, 0.25) is 0 Å². The number of Topliss-reactive ketones (excluding diaryl/α,β-unsaturated/α-hetero) is 1. The third-order valence-electron chi connectivity index (χ3n) is 5.03. The zero-order chi connectivity index (χ0) is 15.4. The van der Waals surface area contributed by atoms with E-state index in [1.165, 1.54) is 19.3 Å². The molecule has 4 atom stereocenters. The third-order valence-corrected chi connectivity index (χ3v) is 6.49. The van der Waals surface area contributed by atoms with Gasteiger partial charge in [-0.05, 0) is 44.6 Å². The van der Waals surface area contributed by atoms with E-state index in [2.05, 4.69) is 34.4 Å². The van der Waals surface area contributed by atoms with Crippen molar-refractivity contribution >= 4 is 28.4 Å². The van der Waals surface area contributed by atoms with Crippen molar-refractivity contribution in [3.8, 4) is 0 Å². The Morgan fingerprint density at radius 1 is 1.43 bits per heavy atom. The van der Waals surface area contributed by atoms with Crippen LogP contribution in [0.15, 0.2) is 0 Å². The van der Waals surface area contributed by atoms with Gasteiger partial charge in [0.05, 0.1) is 6.54 Å². The Labute approximate surface area is 140 Å². The standard InChI is InChI=1S/C15H26IN2O3/c1-2-11-4-3-7-17(9-11)10-15(19)12-5-6-13(16)14(8-12)18(20)21/h11-14,20H,2-10H2,1H3/q-1. The maximum atomic E-state index is 12.5. The molecule has 2 aliphatic rings. The number of carbonyl (C=O) groups excluding carboxylic acids is 1. The molecule has 5 nitrogen and oxygen atoms in total. The van der Waals surface area contributed by atoms with Crippen molar-refractivity contribution in [1.82, 2.24) is 10.1 Å². The number of ketones is 1. The summed E-state index contributed by atoms with van der Waals surface area (Å²) in [6, 6.07) is -0.432. The smallest absolute Gasteiger partial charge is 0.149 e. The summed E-state index contributed by atoms with van der Waals surface area (Å²) < 4.78 is 0.133. The van der Waals surface area contributed by atoms with Crippen LogP contribution in [0.4, 0.5) is 0 Å². The molecule has 0 bridgehead atoms. The highest BCUT2D eigenvalue weighted by Gasteiger charge is 2.34. The Balaban J connectivity index is 1.85. The monoisotopic (exact) mass is 409 g/mol. The first kappa shape index (κ1) is 17.6. The van der Waals surface area contributed by atoms with Gasteiger partial charge in [-0.25, -0.2) is 0 Å². The van der Waals surface area contributed by atoms with Gasteiger partial charge < -0.3 is 10.4 Å². The molecule has 0 aromatic rings. The molecular weight excluding hydrogens is 383 g/mol. The summed E-state index contributed by atoms with van der Waals surface area (Å²) in [4.78, 5) is 14.8. The van der Waals surface area contributed by atoms with Gasteiger partial charge in [-0.2, -0.15) is 0 Å². The van der Waals surface area contributed by atoms with Gasteiger partial charge >= 0.3 is 0 Å². The van der Waals surface area contributed by atoms with E-state index in [0.29, 0.717) is 13.0 Å². The van der Waals surface area contributed by atoms with Crippen molar-refractivity contribution in [3.05, 3.63) is 5.21 Å². The van der Waals surface area contributed by atoms with Crippen LogP contribution in [0.25, 0.3) is 0 Å². The van der Waals surface area contributed by atoms with Crippen molar-refractivity contribution in [2.75, 3.05) is 19.6 Å². The van der Waals surface area contributed by atoms with Crippen molar-refractivity contribution < 1.29 is 10.0 Å². The van der Waals surface area contributed by atoms with Crippen molar-refractivity contribution in [2.45, 2.75) is 55.4 Å². The predicted molar refractivity (Wildman–Crippen MR) is 90.4 cm³/mol. The lowest BCUT2D eigenvalue weighted by Gasteiger charge is -2.40. The summed E-state index contributed by atoms with van der Waals surface area (Å²) >= 11 is 2.21. The molecule has 21 heavy (non-hydrogen) atoms. The molecule has 1 N–H and O–H groups in total. The summed E-state index contributed by atoms with van der Waals surface area (Å²) in [6.07, 6.45) is 5.82. The molecule has 2 fully saturated rings. The largest absolute Gasteiger partial charge is 0.762 e. The van der Waals surface area contributed by atoms with Gasteiger partial charge in [-0.3, -0.25) is 14.9 Å². The van der Waals surface area contributed by atoms with E-state index < -0.39 is 6.04 Å². The summed E-state index contributed by atoms with van der Waals surface area (Å²) in [5.41, 5.74) is 0. The van der Waals surface area contributed by atoms with Gasteiger partial charge in [-0.15, -0.1) is 0 Å². The Kier molecular flexibility index (Phi) is 6.86.